The Morgan fingerprint density at radius 2 is 2.42 bits per heavy atom. The van der Waals surface area contributed by atoms with E-state index in [0.717, 1.165) is 0 Å². The lowest BCUT2D eigenvalue weighted by atomic mass is 10.0. The Balaban J connectivity index is 2.70. The summed E-state index contributed by atoms with van der Waals surface area (Å²) in [4.78, 5) is 22.1. The van der Waals surface area contributed by atoms with Crippen molar-refractivity contribution in [3.63, 3.8) is 0 Å². The van der Waals surface area contributed by atoms with E-state index in [0.29, 0.717) is 6.42 Å². The Morgan fingerprint density at radius 3 is 2.83 bits per heavy atom. The zero-order chi connectivity index (χ0) is 9.19. The van der Waals surface area contributed by atoms with Crippen LogP contribution in [-0.4, -0.2) is 29.1 Å². The molecule has 0 aromatic heterocycles. The second-order valence-corrected chi connectivity index (χ2v) is 2.86. The van der Waals surface area contributed by atoms with Gasteiger partial charge < -0.3 is 9.84 Å². The molecular weight excluding hydrogens is 160 g/mol. The molecule has 1 saturated carbocycles. The molecule has 0 spiro atoms. The van der Waals surface area contributed by atoms with Gasteiger partial charge in [0.15, 0.2) is 5.78 Å². The first-order valence-electron chi connectivity index (χ1n) is 4.04. The molecule has 1 atom stereocenters. The van der Waals surface area contributed by atoms with Crippen LogP contribution in [0.25, 0.3) is 0 Å². The summed E-state index contributed by atoms with van der Waals surface area (Å²) >= 11 is 0. The smallest absolute Gasteiger partial charge is 0.345 e. The van der Waals surface area contributed by atoms with E-state index in [9.17, 15) is 14.7 Å². The van der Waals surface area contributed by atoms with Crippen molar-refractivity contribution < 1.29 is 19.4 Å². The van der Waals surface area contributed by atoms with Crippen LogP contribution in [0.3, 0.4) is 0 Å². The lowest BCUT2D eigenvalue weighted by Crippen LogP contribution is -2.43. The molecule has 0 aromatic rings. The Hall–Kier alpha value is -0.900. The van der Waals surface area contributed by atoms with Crippen molar-refractivity contribution in [1.29, 1.82) is 0 Å². The fourth-order valence-electron chi connectivity index (χ4n) is 1.32. The van der Waals surface area contributed by atoms with E-state index < -0.39 is 17.4 Å². The molecule has 1 fully saturated rings. The first-order valence-corrected chi connectivity index (χ1v) is 4.04. The molecule has 4 nitrogen and oxygen atoms in total. The molecule has 0 saturated heterocycles. The average molecular weight is 172 g/mol. The number of carbonyl (C=O) groups is 2. The van der Waals surface area contributed by atoms with Gasteiger partial charge in [0.1, 0.15) is 0 Å². The van der Waals surface area contributed by atoms with Crippen molar-refractivity contribution in [1.82, 2.24) is 0 Å². The number of esters is 1. The summed E-state index contributed by atoms with van der Waals surface area (Å²) in [6.45, 7) is 1.83. The monoisotopic (exact) mass is 172 g/mol. The third kappa shape index (κ3) is 1.34. The molecule has 68 valence electrons. The lowest BCUT2D eigenvalue weighted by Gasteiger charge is -2.17. The second-order valence-electron chi connectivity index (χ2n) is 2.86. The molecule has 0 aliphatic heterocycles. The van der Waals surface area contributed by atoms with Crippen LogP contribution in [0, 0.1) is 0 Å². The van der Waals surface area contributed by atoms with Gasteiger partial charge in [0, 0.05) is 6.42 Å². The van der Waals surface area contributed by atoms with Crippen molar-refractivity contribution in [3.8, 4) is 0 Å². The maximum atomic E-state index is 11.1. The molecular formula is C8H12O4. The maximum absolute atomic E-state index is 11.1. The molecule has 0 unspecified atom stereocenters. The Morgan fingerprint density at radius 1 is 1.75 bits per heavy atom. The van der Waals surface area contributed by atoms with Gasteiger partial charge in [0.25, 0.3) is 0 Å². The van der Waals surface area contributed by atoms with Crippen LogP contribution >= 0.6 is 0 Å². The molecule has 0 amide bonds. The summed E-state index contributed by atoms with van der Waals surface area (Å²) in [7, 11) is 0. The van der Waals surface area contributed by atoms with Gasteiger partial charge in [-0.25, -0.2) is 4.79 Å². The van der Waals surface area contributed by atoms with Gasteiger partial charge in [-0.05, 0) is 19.8 Å². The molecule has 1 N–H and O–H groups in total. The third-order valence-electron chi connectivity index (χ3n) is 2.02. The summed E-state index contributed by atoms with van der Waals surface area (Å²) < 4.78 is 4.59. The number of hydrogen-bond donors (Lipinski definition) is 1. The quantitative estimate of drug-likeness (QED) is 0.471. The van der Waals surface area contributed by atoms with Crippen LogP contribution in [0.1, 0.15) is 26.2 Å². The number of Topliss-reactive ketones (excluding diaryl/α,β-unsaturated/α-hetero) is 1. The standard InChI is InChI=1S/C8H12O4/c1-2-12-7(10)8(11)5-3-4-6(8)9/h11H,2-5H2,1H3/t8-/m0/s1. The fourth-order valence-corrected chi connectivity index (χ4v) is 1.32. The Kier molecular flexibility index (Phi) is 2.47. The highest BCUT2D eigenvalue weighted by molar-refractivity contribution is 6.08. The largest absolute Gasteiger partial charge is 0.464 e. The molecule has 0 aromatic carbocycles. The number of hydrogen-bond acceptors (Lipinski definition) is 4. The van der Waals surface area contributed by atoms with Crippen molar-refractivity contribution >= 4 is 11.8 Å². The molecule has 0 heterocycles. The van der Waals surface area contributed by atoms with Crippen molar-refractivity contribution in [3.05, 3.63) is 0 Å². The summed E-state index contributed by atoms with van der Waals surface area (Å²) in [5, 5.41) is 9.54. The number of aliphatic hydroxyl groups is 1. The van der Waals surface area contributed by atoms with Crippen LogP contribution in [0.2, 0.25) is 0 Å². The van der Waals surface area contributed by atoms with Gasteiger partial charge >= 0.3 is 5.97 Å². The van der Waals surface area contributed by atoms with Crippen molar-refractivity contribution in [2.24, 2.45) is 0 Å². The van der Waals surface area contributed by atoms with Gasteiger partial charge in [0.2, 0.25) is 5.60 Å². The summed E-state index contributed by atoms with van der Waals surface area (Å²) in [5.41, 5.74) is -1.84. The molecule has 1 rings (SSSR count). The highest BCUT2D eigenvalue weighted by Crippen LogP contribution is 2.27. The van der Waals surface area contributed by atoms with Gasteiger partial charge in [-0.1, -0.05) is 0 Å². The zero-order valence-electron chi connectivity index (χ0n) is 7.00. The van der Waals surface area contributed by atoms with Crippen molar-refractivity contribution in [2.45, 2.75) is 31.8 Å². The van der Waals surface area contributed by atoms with Crippen LogP contribution in [0.15, 0.2) is 0 Å². The van der Waals surface area contributed by atoms with Crippen LogP contribution in [0.4, 0.5) is 0 Å². The average Bonchev–Trinajstić information content (AvgIpc) is 2.34. The van der Waals surface area contributed by atoms with Gasteiger partial charge in [0.05, 0.1) is 6.61 Å². The van der Waals surface area contributed by atoms with Gasteiger partial charge in [-0.3, -0.25) is 4.79 Å². The van der Waals surface area contributed by atoms with E-state index >= 15 is 0 Å². The lowest BCUT2D eigenvalue weighted by molar-refractivity contribution is -0.168. The predicted octanol–water partition coefficient (Wildman–Crippen LogP) is 0.0336. The normalized spacial score (nSPS) is 29.0. The number of ketones is 1. The topological polar surface area (TPSA) is 63.6 Å². The first-order chi connectivity index (χ1) is 5.61. The van der Waals surface area contributed by atoms with E-state index in [4.69, 9.17) is 0 Å². The third-order valence-corrected chi connectivity index (χ3v) is 2.02. The number of ether oxygens (including phenoxy) is 1. The molecule has 0 bridgehead atoms. The van der Waals surface area contributed by atoms with E-state index in [2.05, 4.69) is 4.74 Å². The highest BCUT2D eigenvalue weighted by Gasteiger charge is 2.48. The van der Waals surface area contributed by atoms with E-state index in [1.54, 1.807) is 6.92 Å². The maximum Gasteiger partial charge on any atom is 0.345 e. The summed E-state index contributed by atoms with van der Waals surface area (Å²) in [5.74, 6) is -1.21. The minimum atomic E-state index is -1.84. The van der Waals surface area contributed by atoms with Crippen LogP contribution < -0.4 is 0 Å². The Bertz CT molecular complexity index is 211. The summed E-state index contributed by atoms with van der Waals surface area (Å²) in [6.07, 6.45) is 1.04. The number of carbonyl (C=O) groups excluding carboxylic acids is 2. The van der Waals surface area contributed by atoms with E-state index in [-0.39, 0.29) is 19.4 Å². The molecule has 1 aliphatic rings. The first kappa shape index (κ1) is 9.19. The fraction of sp³-hybridized carbons (Fsp3) is 0.750. The molecule has 0 radical (unpaired) electrons. The highest BCUT2D eigenvalue weighted by atomic mass is 16.5. The number of rotatable bonds is 2. The second kappa shape index (κ2) is 3.23. The molecule has 12 heavy (non-hydrogen) atoms. The SMILES string of the molecule is CCOC(=O)[C@]1(O)CCCC1=O. The Labute approximate surface area is 70.5 Å². The van der Waals surface area contributed by atoms with Crippen LogP contribution in [0.5, 0.6) is 0 Å². The molecule has 1 aliphatic carbocycles. The van der Waals surface area contributed by atoms with Crippen molar-refractivity contribution in [2.75, 3.05) is 6.61 Å². The minimum absolute atomic E-state index is 0.189. The van der Waals surface area contributed by atoms with E-state index in [1.807, 2.05) is 0 Å². The molecule has 4 heteroatoms. The minimum Gasteiger partial charge on any atom is -0.464 e. The zero-order valence-corrected chi connectivity index (χ0v) is 7.00. The van der Waals surface area contributed by atoms with Gasteiger partial charge in [-0.15, -0.1) is 0 Å². The van der Waals surface area contributed by atoms with E-state index in [1.165, 1.54) is 0 Å². The van der Waals surface area contributed by atoms with Gasteiger partial charge in [-0.2, -0.15) is 0 Å². The van der Waals surface area contributed by atoms with Crippen LogP contribution in [-0.2, 0) is 14.3 Å². The predicted molar refractivity (Wildman–Crippen MR) is 40.4 cm³/mol. The summed E-state index contributed by atoms with van der Waals surface area (Å²) in [6, 6.07) is 0.